The van der Waals surface area contributed by atoms with Crippen molar-refractivity contribution >= 4 is 5.97 Å². The Kier molecular flexibility index (Phi) is 15.4. The molecule has 0 aromatic carbocycles. The predicted molar refractivity (Wildman–Crippen MR) is 49.3 cm³/mol. The second-order valence-electron chi connectivity index (χ2n) is 3.11. The predicted octanol–water partition coefficient (Wildman–Crippen LogP) is 2.08. The van der Waals surface area contributed by atoms with E-state index in [1.165, 1.54) is 0 Å². The first-order valence-electron chi connectivity index (χ1n) is 2.62. The highest BCUT2D eigenvalue weighted by atomic mass is 16.4. The molecule has 0 rings (SSSR count). The van der Waals surface area contributed by atoms with Crippen LogP contribution in [0.3, 0.4) is 0 Å². The molecule has 2 heteroatoms. The molecule has 0 aliphatic heterocycles. The van der Waals surface area contributed by atoms with Gasteiger partial charge < -0.3 is 9.90 Å². The first-order chi connectivity index (χ1) is 3.42. The van der Waals surface area contributed by atoms with Gasteiger partial charge in [0.05, 0.1) is 0 Å². The molecule has 0 heterocycles. The van der Waals surface area contributed by atoms with Crippen molar-refractivity contribution in [2.75, 3.05) is 0 Å². The van der Waals surface area contributed by atoms with Crippen LogP contribution in [-0.2, 0) is 4.79 Å². The molecule has 0 unspecified atom stereocenters. The Morgan fingerprint density at radius 3 is 1.45 bits per heavy atom. The minimum Gasteiger partial charge on any atom is -0.550 e. The Morgan fingerprint density at radius 2 is 1.45 bits per heavy atom. The Morgan fingerprint density at radius 1 is 1.18 bits per heavy atom. The number of hydrogen-bond donors (Lipinski definition) is 0. The van der Waals surface area contributed by atoms with Crippen LogP contribution in [0, 0.1) is 5.41 Å². The summed E-state index contributed by atoms with van der Waals surface area (Å²) >= 11 is 0. The van der Waals surface area contributed by atoms with Crippen LogP contribution in [-0.4, -0.2) is 5.97 Å². The lowest BCUT2D eigenvalue weighted by Gasteiger charge is -2.17. The minimum absolute atomic E-state index is 0. The molecule has 11 heavy (non-hydrogen) atoms. The summed E-state index contributed by atoms with van der Waals surface area (Å²) in [5.74, 6) is -0.975. The molecule has 0 aliphatic rings. The van der Waals surface area contributed by atoms with Crippen molar-refractivity contribution < 1.29 is 9.90 Å². The third-order valence-electron chi connectivity index (χ3n) is 0.675. The van der Waals surface area contributed by atoms with Crippen molar-refractivity contribution in [2.24, 2.45) is 5.41 Å². The summed E-state index contributed by atoms with van der Waals surface area (Å²) in [7, 11) is 0. The highest BCUT2D eigenvalue weighted by molar-refractivity contribution is 5.64. The summed E-state index contributed by atoms with van der Waals surface area (Å²) in [6.45, 7) is 5.59. The summed E-state index contributed by atoms with van der Waals surface area (Å²) in [5, 5.41) is 9.90. The maximum atomic E-state index is 9.90. The lowest BCUT2D eigenvalue weighted by molar-refractivity contribution is -0.307. The maximum absolute atomic E-state index is 9.90. The van der Waals surface area contributed by atoms with Crippen molar-refractivity contribution in [3.63, 3.8) is 0 Å². The highest BCUT2D eigenvalue weighted by Crippen LogP contribution is 2.16. The largest absolute Gasteiger partial charge is 0.550 e. The maximum Gasteiger partial charge on any atom is 0.0419 e. The van der Waals surface area contributed by atoms with E-state index in [0.29, 0.717) is 0 Å². The average molecular weight is 163 g/mol. The molecule has 0 spiro atoms. The van der Waals surface area contributed by atoms with Crippen molar-refractivity contribution in [2.45, 2.75) is 49.5 Å². The molecule has 0 aliphatic carbocycles. The summed E-state index contributed by atoms with van der Waals surface area (Å²) < 4.78 is 0. The van der Waals surface area contributed by atoms with E-state index in [2.05, 4.69) is 0 Å². The Bertz CT molecular complexity index is 90.2. The molecule has 0 saturated carbocycles. The van der Waals surface area contributed by atoms with Crippen LogP contribution in [0.2, 0.25) is 0 Å². The number of carboxylic acids is 1. The van der Waals surface area contributed by atoms with Gasteiger partial charge in [0.15, 0.2) is 0 Å². The monoisotopic (exact) mass is 163 g/mol. The van der Waals surface area contributed by atoms with E-state index < -0.39 is 5.97 Å². The number of hydrogen-bond acceptors (Lipinski definition) is 2. The normalized spacial score (nSPS) is 8.27. The summed E-state index contributed by atoms with van der Waals surface area (Å²) in [6, 6.07) is 0. The third-order valence-corrected chi connectivity index (χ3v) is 0.675. The van der Waals surface area contributed by atoms with E-state index in [-0.39, 0.29) is 34.1 Å². The van der Waals surface area contributed by atoms with Gasteiger partial charge in [-0.2, -0.15) is 0 Å². The van der Waals surface area contributed by atoms with Crippen molar-refractivity contribution in [1.29, 1.82) is 0 Å². The Labute approximate surface area is 71.6 Å². The molecule has 2 nitrogen and oxygen atoms in total. The van der Waals surface area contributed by atoms with E-state index in [4.69, 9.17) is 0 Å². The first-order valence-corrected chi connectivity index (χ1v) is 2.62. The van der Waals surface area contributed by atoms with Gasteiger partial charge in [0.2, 0.25) is 0 Å². The van der Waals surface area contributed by atoms with Gasteiger partial charge in [-0.3, -0.25) is 0 Å². The number of carbonyl (C=O) groups is 1. The Hall–Kier alpha value is -0.530. The van der Waals surface area contributed by atoms with Gasteiger partial charge in [-0.25, -0.2) is 0 Å². The van der Waals surface area contributed by atoms with Crippen LogP contribution >= 0.6 is 0 Å². The number of rotatable bonds is 1. The zero-order valence-electron chi connectivity index (χ0n) is 5.52. The van der Waals surface area contributed by atoms with Gasteiger partial charge in [0.1, 0.15) is 0 Å². The zero-order chi connectivity index (χ0) is 6.78. The highest BCUT2D eigenvalue weighted by Gasteiger charge is 2.08. The second kappa shape index (κ2) is 7.58. The number of aliphatic carboxylic acids is 1. The van der Waals surface area contributed by atoms with E-state index in [0.717, 1.165) is 0 Å². The van der Waals surface area contributed by atoms with E-state index in [1.54, 1.807) is 0 Å². The van der Waals surface area contributed by atoms with Gasteiger partial charge in [-0.15, -0.1) is 0 Å². The number of carboxylic acid groups (broad SMARTS) is 1. The molecule has 0 bridgehead atoms. The SMILES string of the molecule is C.C.C.CC(C)(C)CC(=O)[O-]. The van der Waals surface area contributed by atoms with Crippen molar-refractivity contribution in [3.05, 3.63) is 0 Å². The van der Waals surface area contributed by atoms with Gasteiger partial charge in [0.25, 0.3) is 0 Å². The van der Waals surface area contributed by atoms with Crippen LogP contribution in [0.5, 0.6) is 0 Å². The second-order valence-corrected chi connectivity index (χ2v) is 3.11. The van der Waals surface area contributed by atoms with E-state index in [1.807, 2.05) is 20.8 Å². The number of carbonyl (C=O) groups excluding carboxylic acids is 1. The summed E-state index contributed by atoms with van der Waals surface area (Å²) in [4.78, 5) is 9.90. The van der Waals surface area contributed by atoms with Gasteiger partial charge in [-0.1, -0.05) is 43.1 Å². The van der Waals surface area contributed by atoms with Gasteiger partial charge >= 0.3 is 0 Å². The summed E-state index contributed by atoms with van der Waals surface area (Å²) in [5.41, 5.74) is -0.140. The molecule has 0 fully saturated rings. The van der Waals surface area contributed by atoms with Crippen molar-refractivity contribution in [3.8, 4) is 0 Å². The third kappa shape index (κ3) is 26.4. The average Bonchev–Trinajstić information content (AvgIpc) is 1.21. The van der Waals surface area contributed by atoms with Crippen LogP contribution in [0.25, 0.3) is 0 Å². The molecule has 0 saturated heterocycles. The topological polar surface area (TPSA) is 40.1 Å². The van der Waals surface area contributed by atoms with Gasteiger partial charge in [-0.05, 0) is 11.8 Å². The molecule has 72 valence electrons. The molecule has 0 amide bonds. The smallest absolute Gasteiger partial charge is 0.0419 e. The van der Waals surface area contributed by atoms with Crippen molar-refractivity contribution in [1.82, 2.24) is 0 Å². The van der Waals surface area contributed by atoms with Crippen LogP contribution in [0.15, 0.2) is 0 Å². The fraction of sp³-hybridized carbons (Fsp3) is 0.889. The van der Waals surface area contributed by atoms with E-state index >= 15 is 0 Å². The van der Waals surface area contributed by atoms with Crippen LogP contribution in [0.1, 0.15) is 49.5 Å². The Balaban J connectivity index is -0.0000000817. The molecular weight excluding hydrogens is 140 g/mol. The molecule has 0 atom stereocenters. The van der Waals surface area contributed by atoms with Crippen LogP contribution in [0.4, 0.5) is 0 Å². The quantitative estimate of drug-likeness (QED) is 0.593. The zero-order valence-corrected chi connectivity index (χ0v) is 5.52. The molecule has 0 aromatic rings. The summed E-state index contributed by atoms with van der Waals surface area (Å²) in [6.07, 6.45) is 0.132. The molecule has 0 aromatic heterocycles. The molecular formula is C9H23O2-. The minimum atomic E-state index is -0.975. The van der Waals surface area contributed by atoms with E-state index in [9.17, 15) is 9.90 Å². The standard InChI is InChI=1S/C6H12O2.3CH4/c1-6(2,3)4-5(7)8;;;/h4H2,1-3H3,(H,7,8);3*1H4/p-1. The lowest BCUT2D eigenvalue weighted by atomic mass is 9.93. The van der Waals surface area contributed by atoms with Crippen LogP contribution < -0.4 is 5.11 Å². The molecule has 0 radical (unpaired) electrons. The fourth-order valence-corrected chi connectivity index (χ4v) is 0.433. The van der Waals surface area contributed by atoms with Gasteiger partial charge in [0, 0.05) is 5.97 Å². The lowest BCUT2D eigenvalue weighted by Crippen LogP contribution is -2.27. The molecule has 0 N–H and O–H groups in total. The fourth-order valence-electron chi connectivity index (χ4n) is 0.433. The first kappa shape index (κ1) is 22.4.